The van der Waals surface area contributed by atoms with Gasteiger partial charge in [0.15, 0.2) is 0 Å². The maximum Gasteiger partial charge on any atom is 0.315 e. The molecule has 0 saturated carbocycles. The number of methoxy groups -OCH3 is 1. The quantitative estimate of drug-likeness (QED) is 0.180. The van der Waals surface area contributed by atoms with E-state index in [9.17, 15) is 19.5 Å². The SMILES string of the molecule is CCC(CC[C@]1(CC)CCNC(=O)N1)CC1CCc2cc(-c3cccc(C4=C(C)C(NC(=O)C5=CN(C)C(O)N(C)C5=O)=CCC4F)c3Cl)nc(OC)c21. The third-order valence-corrected chi connectivity index (χ3v) is 12.4. The maximum atomic E-state index is 15.8. The van der Waals surface area contributed by atoms with E-state index in [4.69, 9.17) is 21.3 Å². The van der Waals surface area contributed by atoms with Crippen LogP contribution in [0.5, 0.6) is 5.88 Å². The number of hydrogen-bond acceptors (Lipinski definition) is 7. The van der Waals surface area contributed by atoms with E-state index < -0.39 is 24.3 Å². The molecule has 11 nitrogen and oxygen atoms in total. The summed E-state index contributed by atoms with van der Waals surface area (Å²) >= 11 is 7.13. The lowest BCUT2D eigenvalue weighted by Gasteiger charge is -2.39. The van der Waals surface area contributed by atoms with Gasteiger partial charge in [0.25, 0.3) is 11.8 Å². The number of nitrogens with one attached hydrogen (secondary N) is 3. The van der Waals surface area contributed by atoms with Crippen molar-refractivity contribution in [3.05, 3.63) is 75.1 Å². The molecule has 5 atom stereocenters. The number of aliphatic hydroxyl groups excluding tert-OH is 1. The van der Waals surface area contributed by atoms with Crippen LogP contribution in [-0.4, -0.2) is 83.5 Å². The summed E-state index contributed by atoms with van der Waals surface area (Å²) in [5.74, 6) is 0.0869. The number of ether oxygens (including phenoxy) is 1. The highest BCUT2D eigenvalue weighted by Crippen LogP contribution is 2.47. The van der Waals surface area contributed by atoms with Crippen LogP contribution in [-0.2, 0) is 16.0 Å². The monoisotopic (exact) mass is 762 g/mol. The summed E-state index contributed by atoms with van der Waals surface area (Å²) in [7, 11) is 4.60. The molecule has 4 amide bonds. The molecule has 0 bridgehead atoms. The van der Waals surface area contributed by atoms with Gasteiger partial charge in [-0.1, -0.05) is 56.1 Å². The fraction of sp³-hybridized carbons (Fsp3) is 0.512. The third-order valence-electron chi connectivity index (χ3n) is 11.9. The Bertz CT molecular complexity index is 1910. The molecule has 0 spiro atoms. The molecule has 1 fully saturated rings. The van der Waals surface area contributed by atoms with E-state index in [-0.39, 0.29) is 23.6 Å². The Labute approximate surface area is 322 Å². The number of aryl methyl sites for hydroxylation is 1. The highest BCUT2D eigenvalue weighted by molar-refractivity contribution is 6.35. The molecule has 4 N–H and O–H groups in total. The zero-order chi connectivity index (χ0) is 38.9. The van der Waals surface area contributed by atoms with Crippen LogP contribution in [0.4, 0.5) is 9.18 Å². The Morgan fingerprint density at radius 2 is 2.00 bits per heavy atom. The number of hydrogen-bond donors (Lipinski definition) is 4. The van der Waals surface area contributed by atoms with E-state index in [0.717, 1.165) is 61.8 Å². The summed E-state index contributed by atoms with van der Waals surface area (Å²) in [6, 6.07) is 7.47. The predicted molar refractivity (Wildman–Crippen MR) is 207 cm³/mol. The first-order valence-corrected chi connectivity index (χ1v) is 19.4. The molecule has 6 rings (SSSR count). The Hall–Kier alpha value is -4.42. The molecule has 54 heavy (non-hydrogen) atoms. The summed E-state index contributed by atoms with van der Waals surface area (Å²) in [5, 5.41) is 19.4. The Morgan fingerprint density at radius 1 is 1.24 bits per heavy atom. The molecule has 0 radical (unpaired) electrons. The van der Waals surface area contributed by atoms with Crippen LogP contribution in [0, 0.1) is 5.92 Å². The van der Waals surface area contributed by atoms with Crippen molar-refractivity contribution in [1.82, 2.24) is 30.7 Å². The highest BCUT2D eigenvalue weighted by atomic mass is 35.5. The fourth-order valence-corrected chi connectivity index (χ4v) is 8.88. The van der Waals surface area contributed by atoms with Gasteiger partial charge in [0.05, 0.1) is 17.8 Å². The standard InChI is InChI=1S/C41H52ClFN6O5/c1-7-24(16-17-41(8-2)18-19-44-39(52)47-41)20-25-12-13-26-21-32(46-37(54-6)34(25)26)27-10-9-11-28(35(27)42)33-23(3)31(15-14-30(33)43)45-36(50)29-22-48(4)40(53)49(5)38(29)51/h9-11,15,21-22,24-25,30,40,53H,7-8,12-14,16-20H2,1-6H3,(H,45,50)(H2,44,47,52)/t24?,25?,30?,40?,41-/m1/s1. The number of amides is 4. The number of pyridine rings is 1. The van der Waals surface area contributed by atoms with Crippen LogP contribution in [0.25, 0.3) is 16.8 Å². The second kappa shape index (κ2) is 16.1. The van der Waals surface area contributed by atoms with Crippen molar-refractivity contribution in [2.45, 2.75) is 103 Å². The number of carbonyl (C=O) groups is 3. The number of benzene rings is 1. The number of allylic oxidation sites excluding steroid dienone is 3. The lowest BCUT2D eigenvalue weighted by molar-refractivity contribution is -0.149. The number of rotatable bonds is 12. The maximum absolute atomic E-state index is 15.8. The van der Waals surface area contributed by atoms with Gasteiger partial charge in [-0.15, -0.1) is 0 Å². The van der Waals surface area contributed by atoms with Crippen LogP contribution >= 0.6 is 11.6 Å². The van der Waals surface area contributed by atoms with Crippen LogP contribution in [0.2, 0.25) is 5.02 Å². The normalized spacial score (nSPS) is 24.7. The van der Waals surface area contributed by atoms with Gasteiger partial charge in [-0.2, -0.15) is 0 Å². The molecule has 2 aliphatic carbocycles. The number of carbonyl (C=O) groups excluding carboxylic acids is 3. The van der Waals surface area contributed by atoms with Gasteiger partial charge in [0.1, 0.15) is 11.7 Å². The van der Waals surface area contributed by atoms with Gasteiger partial charge in [-0.25, -0.2) is 14.2 Å². The van der Waals surface area contributed by atoms with Crippen molar-refractivity contribution < 1.29 is 28.6 Å². The number of nitrogens with zero attached hydrogens (tertiary/aromatic N) is 3. The molecule has 1 saturated heterocycles. The van der Waals surface area contributed by atoms with E-state index in [1.807, 2.05) is 12.1 Å². The van der Waals surface area contributed by atoms with E-state index in [1.54, 1.807) is 33.2 Å². The van der Waals surface area contributed by atoms with E-state index in [2.05, 4.69) is 35.9 Å². The van der Waals surface area contributed by atoms with Gasteiger partial charge >= 0.3 is 6.03 Å². The third kappa shape index (κ3) is 7.60. The molecule has 1 aromatic carbocycles. The molecule has 2 aromatic rings. The summed E-state index contributed by atoms with van der Waals surface area (Å²) in [5.41, 5.74) is 5.02. The van der Waals surface area contributed by atoms with Crippen molar-refractivity contribution in [2.24, 2.45) is 5.92 Å². The number of halogens is 2. The number of aromatic nitrogens is 1. The largest absolute Gasteiger partial charge is 0.481 e. The van der Waals surface area contributed by atoms with E-state index in [1.165, 1.54) is 23.7 Å². The molecule has 4 unspecified atom stereocenters. The van der Waals surface area contributed by atoms with Crippen LogP contribution in [0.15, 0.2) is 53.4 Å². The number of likely N-dealkylation sites (N-methyl/N-ethyl adjacent to an activating group) is 1. The van der Waals surface area contributed by atoms with Crippen LogP contribution in [0.3, 0.4) is 0 Å². The predicted octanol–water partition coefficient (Wildman–Crippen LogP) is 6.57. The van der Waals surface area contributed by atoms with Crippen molar-refractivity contribution in [1.29, 1.82) is 0 Å². The average Bonchev–Trinajstić information content (AvgIpc) is 3.57. The van der Waals surface area contributed by atoms with Crippen LogP contribution in [0.1, 0.15) is 94.7 Å². The minimum atomic E-state index is -1.38. The van der Waals surface area contributed by atoms with Crippen molar-refractivity contribution in [3.8, 4) is 17.1 Å². The van der Waals surface area contributed by atoms with Crippen molar-refractivity contribution >= 4 is 35.0 Å². The molecule has 4 aliphatic rings. The second-order valence-electron chi connectivity index (χ2n) is 15.1. The van der Waals surface area contributed by atoms with Crippen molar-refractivity contribution in [2.75, 3.05) is 27.7 Å². The smallest absolute Gasteiger partial charge is 0.315 e. The van der Waals surface area contributed by atoms with E-state index in [0.29, 0.717) is 62.9 Å². The molecule has 1 aromatic heterocycles. The molecule has 2 aliphatic heterocycles. The van der Waals surface area contributed by atoms with Gasteiger partial charge in [0, 0.05) is 61.2 Å². The zero-order valence-corrected chi connectivity index (χ0v) is 32.8. The molecule has 3 heterocycles. The first-order valence-electron chi connectivity index (χ1n) is 19.0. The fourth-order valence-electron chi connectivity index (χ4n) is 8.56. The lowest BCUT2D eigenvalue weighted by Crippen LogP contribution is -2.58. The molecule has 290 valence electrons. The van der Waals surface area contributed by atoms with Gasteiger partial charge in [0.2, 0.25) is 12.2 Å². The zero-order valence-electron chi connectivity index (χ0n) is 32.0. The van der Waals surface area contributed by atoms with Crippen molar-refractivity contribution in [3.63, 3.8) is 0 Å². The highest BCUT2D eigenvalue weighted by Gasteiger charge is 2.37. The Morgan fingerprint density at radius 3 is 2.70 bits per heavy atom. The van der Waals surface area contributed by atoms with E-state index >= 15 is 4.39 Å². The molecular formula is C41H52ClFN6O5. The van der Waals surface area contributed by atoms with Gasteiger partial charge in [-0.05, 0) is 86.5 Å². The Balaban J connectivity index is 1.23. The minimum absolute atomic E-state index is 0.00465. The summed E-state index contributed by atoms with van der Waals surface area (Å²) < 4.78 is 21.8. The molecular weight excluding hydrogens is 711 g/mol. The van der Waals surface area contributed by atoms with Crippen LogP contribution < -0.4 is 20.7 Å². The average molecular weight is 763 g/mol. The lowest BCUT2D eigenvalue weighted by atomic mass is 9.79. The Kier molecular flexibility index (Phi) is 11.7. The molecule has 13 heteroatoms. The summed E-state index contributed by atoms with van der Waals surface area (Å²) in [4.78, 5) is 45.6. The minimum Gasteiger partial charge on any atom is -0.481 e. The first-order chi connectivity index (χ1) is 25.8. The number of alkyl halides is 1. The summed E-state index contributed by atoms with van der Waals surface area (Å²) in [6.45, 7) is 6.82. The first kappa shape index (κ1) is 39.3. The second-order valence-corrected chi connectivity index (χ2v) is 15.5. The number of urea groups is 1. The van der Waals surface area contributed by atoms with Gasteiger partial charge in [-0.3, -0.25) is 14.5 Å². The number of aliphatic hydroxyl groups is 1. The topological polar surface area (TPSA) is 136 Å². The van der Waals surface area contributed by atoms with Gasteiger partial charge < -0.3 is 30.7 Å². The summed E-state index contributed by atoms with van der Waals surface area (Å²) in [6.07, 6.45) is 8.11. The number of fused-ring (bicyclic) bond motifs is 1.